The monoisotopic (exact) mass is 415 g/mol. The molecule has 5 nitrogen and oxygen atoms in total. The van der Waals surface area contributed by atoms with Crippen molar-refractivity contribution in [2.24, 2.45) is 5.41 Å². The molecule has 0 radical (unpaired) electrons. The maximum atomic E-state index is 14.3. The summed E-state index contributed by atoms with van der Waals surface area (Å²) >= 11 is 0. The largest absolute Gasteiger partial charge is 0.466 e. The highest BCUT2D eigenvalue weighted by Gasteiger charge is 2.46. The van der Waals surface area contributed by atoms with Crippen LogP contribution in [0.25, 0.3) is 0 Å². The number of esters is 1. The number of piperidine rings is 1. The fourth-order valence-corrected chi connectivity index (χ4v) is 3.86. The molecule has 1 aliphatic rings. The fourth-order valence-electron chi connectivity index (χ4n) is 3.86. The van der Waals surface area contributed by atoms with Crippen molar-refractivity contribution < 1.29 is 27.9 Å². The summed E-state index contributed by atoms with van der Waals surface area (Å²) in [5.74, 6) is -3.41. The molecule has 2 aromatic rings. The lowest BCUT2D eigenvalue weighted by atomic mass is 9.74. The Bertz CT molecular complexity index is 947. The van der Waals surface area contributed by atoms with E-state index in [9.17, 15) is 23.2 Å². The zero-order chi connectivity index (χ0) is 21.7. The van der Waals surface area contributed by atoms with Gasteiger partial charge in [0, 0.05) is 24.7 Å². The van der Waals surface area contributed by atoms with Crippen LogP contribution >= 0.6 is 0 Å². The number of carbonyl (C=O) groups is 3. The molecule has 0 unspecified atom stereocenters. The number of nitrogens with zero attached hydrogens (tertiary/aromatic N) is 1. The summed E-state index contributed by atoms with van der Waals surface area (Å²) in [7, 11) is 0. The van der Waals surface area contributed by atoms with Crippen LogP contribution in [0.5, 0.6) is 0 Å². The van der Waals surface area contributed by atoms with Crippen LogP contribution in [0.2, 0.25) is 0 Å². The quantitative estimate of drug-likeness (QED) is 0.411. The van der Waals surface area contributed by atoms with Gasteiger partial charge in [-0.15, -0.1) is 0 Å². The third kappa shape index (κ3) is 4.56. The molecule has 1 aliphatic heterocycles. The minimum absolute atomic E-state index is 0.0543. The Labute approximate surface area is 173 Å². The number of hydrogen-bond donors (Lipinski definition) is 0. The van der Waals surface area contributed by atoms with Gasteiger partial charge in [-0.2, -0.15) is 0 Å². The van der Waals surface area contributed by atoms with Crippen molar-refractivity contribution in [3.63, 3.8) is 0 Å². The van der Waals surface area contributed by atoms with Crippen LogP contribution in [0.3, 0.4) is 0 Å². The molecular formula is C23H23F2NO4. The Balaban J connectivity index is 1.88. The molecule has 0 saturated carbocycles. The van der Waals surface area contributed by atoms with Crippen molar-refractivity contribution >= 4 is 17.7 Å². The number of benzene rings is 2. The number of ether oxygens (including phenoxy) is 1. The molecule has 0 bridgehead atoms. The van der Waals surface area contributed by atoms with Gasteiger partial charge in [0.2, 0.25) is 5.78 Å². The number of amides is 1. The topological polar surface area (TPSA) is 63.7 Å². The van der Waals surface area contributed by atoms with Gasteiger partial charge in [-0.05, 0) is 37.8 Å². The van der Waals surface area contributed by atoms with E-state index in [1.54, 1.807) is 37.3 Å². The second kappa shape index (κ2) is 9.15. The molecule has 1 heterocycles. The summed E-state index contributed by atoms with van der Waals surface area (Å²) in [5, 5.41) is 0. The number of hydrogen-bond acceptors (Lipinski definition) is 4. The average Bonchev–Trinajstić information content (AvgIpc) is 2.75. The lowest BCUT2D eigenvalue weighted by Gasteiger charge is -2.40. The second-order valence-corrected chi connectivity index (χ2v) is 7.44. The highest BCUT2D eigenvalue weighted by atomic mass is 19.1. The van der Waals surface area contributed by atoms with E-state index in [0.717, 1.165) is 12.1 Å². The summed E-state index contributed by atoms with van der Waals surface area (Å²) in [4.78, 5) is 39.6. The van der Waals surface area contributed by atoms with E-state index in [1.165, 1.54) is 11.0 Å². The van der Waals surface area contributed by atoms with Crippen molar-refractivity contribution in [1.29, 1.82) is 0 Å². The summed E-state index contributed by atoms with van der Waals surface area (Å²) in [5.41, 5.74) is -0.785. The molecular weight excluding hydrogens is 392 g/mol. The van der Waals surface area contributed by atoms with Crippen LogP contribution in [0.1, 0.15) is 35.7 Å². The first kappa shape index (κ1) is 21.6. The zero-order valence-corrected chi connectivity index (χ0v) is 16.7. The van der Waals surface area contributed by atoms with E-state index < -0.39 is 34.7 Å². The lowest BCUT2D eigenvalue weighted by molar-refractivity contribution is -0.160. The molecule has 2 aromatic carbocycles. The molecule has 0 N–H and O–H groups in total. The number of likely N-dealkylation sites (tertiary alicyclic amines) is 1. The van der Waals surface area contributed by atoms with Gasteiger partial charge in [-0.3, -0.25) is 14.4 Å². The molecule has 0 spiro atoms. The van der Waals surface area contributed by atoms with Gasteiger partial charge >= 0.3 is 5.97 Å². The standard InChI is InChI=1S/C23H23F2NO4/c1-2-30-22(29)23(14-17-9-10-18(24)13-19(17)25)11-6-12-26(15-23)21(28)20(27)16-7-4-3-5-8-16/h3-5,7-10,13H,2,6,11-12,14-15H2,1H3/t23-/m1/s1. The maximum Gasteiger partial charge on any atom is 0.314 e. The van der Waals surface area contributed by atoms with Gasteiger partial charge in [0.1, 0.15) is 11.6 Å². The summed E-state index contributed by atoms with van der Waals surface area (Å²) in [6, 6.07) is 11.4. The highest BCUT2D eigenvalue weighted by molar-refractivity contribution is 6.42. The molecule has 7 heteroatoms. The van der Waals surface area contributed by atoms with Gasteiger partial charge in [0.15, 0.2) is 0 Å². The van der Waals surface area contributed by atoms with Crippen LogP contribution in [-0.2, 0) is 20.7 Å². The average molecular weight is 415 g/mol. The number of carbonyl (C=O) groups excluding carboxylic acids is 3. The predicted molar refractivity (Wildman–Crippen MR) is 106 cm³/mol. The Morgan fingerprint density at radius 2 is 1.83 bits per heavy atom. The van der Waals surface area contributed by atoms with E-state index in [-0.39, 0.29) is 30.7 Å². The highest BCUT2D eigenvalue weighted by Crippen LogP contribution is 2.36. The zero-order valence-electron chi connectivity index (χ0n) is 16.7. The lowest BCUT2D eigenvalue weighted by Crippen LogP contribution is -2.53. The summed E-state index contributed by atoms with van der Waals surface area (Å²) in [6.07, 6.45) is 0.767. The fraction of sp³-hybridized carbons (Fsp3) is 0.348. The third-order valence-corrected chi connectivity index (χ3v) is 5.35. The molecule has 30 heavy (non-hydrogen) atoms. The van der Waals surface area contributed by atoms with Gasteiger partial charge in [0.05, 0.1) is 12.0 Å². The molecule has 1 atom stereocenters. The molecule has 1 saturated heterocycles. The molecule has 3 rings (SSSR count). The van der Waals surface area contributed by atoms with E-state index in [2.05, 4.69) is 0 Å². The minimum atomic E-state index is -1.21. The summed E-state index contributed by atoms with van der Waals surface area (Å²) in [6.45, 7) is 2.03. The van der Waals surface area contributed by atoms with Crippen molar-refractivity contribution in [1.82, 2.24) is 4.90 Å². The first-order valence-electron chi connectivity index (χ1n) is 9.86. The van der Waals surface area contributed by atoms with Crippen molar-refractivity contribution in [2.45, 2.75) is 26.2 Å². The third-order valence-electron chi connectivity index (χ3n) is 5.35. The Hall–Kier alpha value is -3.09. The SMILES string of the molecule is CCOC(=O)[C@@]1(Cc2ccc(F)cc2F)CCCN(C(=O)C(=O)c2ccccc2)C1. The van der Waals surface area contributed by atoms with Gasteiger partial charge in [0.25, 0.3) is 5.91 Å². The number of rotatable bonds is 6. The smallest absolute Gasteiger partial charge is 0.314 e. The minimum Gasteiger partial charge on any atom is -0.466 e. The van der Waals surface area contributed by atoms with Gasteiger partial charge in [-0.1, -0.05) is 36.4 Å². The van der Waals surface area contributed by atoms with Crippen molar-refractivity contribution in [3.8, 4) is 0 Å². The molecule has 1 fully saturated rings. The Kier molecular flexibility index (Phi) is 6.59. The van der Waals surface area contributed by atoms with Crippen molar-refractivity contribution in [2.75, 3.05) is 19.7 Å². The first-order valence-corrected chi connectivity index (χ1v) is 9.86. The van der Waals surface area contributed by atoms with E-state index in [1.807, 2.05) is 0 Å². The van der Waals surface area contributed by atoms with Gasteiger partial charge in [-0.25, -0.2) is 8.78 Å². The van der Waals surface area contributed by atoms with Crippen LogP contribution in [0.4, 0.5) is 8.78 Å². The normalized spacial score (nSPS) is 18.7. The number of Topliss-reactive ketones (excluding diaryl/α,β-unsaturated/α-hetero) is 1. The molecule has 0 aromatic heterocycles. The Morgan fingerprint density at radius 1 is 1.10 bits per heavy atom. The Morgan fingerprint density at radius 3 is 2.50 bits per heavy atom. The van der Waals surface area contributed by atoms with Crippen LogP contribution in [-0.4, -0.2) is 42.3 Å². The van der Waals surface area contributed by atoms with E-state index in [0.29, 0.717) is 19.4 Å². The molecule has 0 aliphatic carbocycles. The van der Waals surface area contributed by atoms with E-state index in [4.69, 9.17) is 4.74 Å². The van der Waals surface area contributed by atoms with Crippen molar-refractivity contribution in [3.05, 3.63) is 71.3 Å². The predicted octanol–water partition coefficient (Wildman–Crippen LogP) is 3.56. The maximum absolute atomic E-state index is 14.3. The van der Waals surface area contributed by atoms with Crippen LogP contribution in [0.15, 0.2) is 48.5 Å². The summed E-state index contributed by atoms with van der Waals surface area (Å²) < 4.78 is 32.8. The van der Waals surface area contributed by atoms with Crippen LogP contribution < -0.4 is 0 Å². The van der Waals surface area contributed by atoms with E-state index >= 15 is 0 Å². The second-order valence-electron chi connectivity index (χ2n) is 7.44. The number of ketones is 1. The number of halogens is 2. The molecule has 158 valence electrons. The van der Waals surface area contributed by atoms with Crippen LogP contribution in [0, 0.1) is 17.0 Å². The van der Waals surface area contributed by atoms with Gasteiger partial charge < -0.3 is 9.64 Å². The molecule has 1 amide bonds. The first-order chi connectivity index (χ1) is 14.4.